The van der Waals surface area contributed by atoms with E-state index in [0.717, 1.165) is 18.4 Å². The second-order valence-electron chi connectivity index (χ2n) is 7.02. The molecule has 0 spiro atoms. The molecule has 0 aromatic heterocycles. The maximum Gasteiger partial charge on any atom is 0.244 e. The number of benzene rings is 1. The van der Waals surface area contributed by atoms with Crippen LogP contribution in [0.3, 0.4) is 0 Å². The quantitative estimate of drug-likeness (QED) is 0.790. The molecule has 2 fully saturated rings. The molecule has 2 unspecified atom stereocenters. The first-order valence-electron chi connectivity index (χ1n) is 9.06. The molecule has 2 atom stereocenters. The summed E-state index contributed by atoms with van der Waals surface area (Å²) in [5.41, 5.74) is 0.818. The number of amides is 1. The summed E-state index contributed by atoms with van der Waals surface area (Å²) in [6, 6.07) is 5.12. The lowest BCUT2D eigenvalue weighted by atomic mass is 9.98. The van der Waals surface area contributed by atoms with E-state index in [4.69, 9.17) is 14.2 Å². The SMILES string of the molecule is COc1cc(C=CC(=O)NC2CC3CCC(C2)N3C)cc(OC)c1OC. The first kappa shape index (κ1) is 18.6. The summed E-state index contributed by atoms with van der Waals surface area (Å²) in [6.45, 7) is 0. The number of nitrogens with one attached hydrogen (secondary N) is 1. The van der Waals surface area contributed by atoms with Crippen LogP contribution in [0.5, 0.6) is 17.2 Å². The van der Waals surface area contributed by atoms with Crippen LogP contribution in [-0.4, -0.2) is 57.3 Å². The van der Waals surface area contributed by atoms with Gasteiger partial charge in [0.2, 0.25) is 11.7 Å². The number of methoxy groups -OCH3 is 3. The highest BCUT2D eigenvalue weighted by atomic mass is 16.5. The molecule has 0 aliphatic carbocycles. The Bertz CT molecular complexity index is 649. The molecule has 2 saturated heterocycles. The van der Waals surface area contributed by atoms with Crippen molar-refractivity contribution in [2.45, 2.75) is 43.8 Å². The smallest absolute Gasteiger partial charge is 0.244 e. The molecule has 2 aliphatic heterocycles. The number of carbonyl (C=O) groups excluding carboxylic acids is 1. The minimum atomic E-state index is -0.0623. The molecule has 0 saturated carbocycles. The van der Waals surface area contributed by atoms with E-state index in [1.165, 1.54) is 12.8 Å². The molecular formula is C20H28N2O4. The summed E-state index contributed by atoms with van der Waals surface area (Å²) in [5.74, 6) is 1.61. The maximum atomic E-state index is 12.3. The molecule has 0 radical (unpaired) electrons. The zero-order valence-corrected chi connectivity index (χ0v) is 16.0. The molecule has 6 nitrogen and oxygen atoms in total. The normalized spacial score (nSPS) is 25.3. The lowest BCUT2D eigenvalue weighted by Crippen LogP contribution is -2.48. The third kappa shape index (κ3) is 3.80. The van der Waals surface area contributed by atoms with Gasteiger partial charge in [-0.05, 0) is 56.5 Å². The molecule has 26 heavy (non-hydrogen) atoms. The van der Waals surface area contributed by atoms with E-state index in [2.05, 4.69) is 17.3 Å². The summed E-state index contributed by atoms with van der Waals surface area (Å²) < 4.78 is 16.0. The van der Waals surface area contributed by atoms with Crippen molar-refractivity contribution in [1.29, 1.82) is 0 Å². The van der Waals surface area contributed by atoms with Crippen LogP contribution in [0.4, 0.5) is 0 Å². The van der Waals surface area contributed by atoms with Crippen molar-refractivity contribution in [1.82, 2.24) is 10.2 Å². The van der Waals surface area contributed by atoms with Crippen LogP contribution in [0.2, 0.25) is 0 Å². The van der Waals surface area contributed by atoms with Gasteiger partial charge in [-0.3, -0.25) is 4.79 Å². The topological polar surface area (TPSA) is 60.0 Å². The Kier molecular flexibility index (Phi) is 5.71. The second-order valence-corrected chi connectivity index (χ2v) is 7.02. The largest absolute Gasteiger partial charge is 0.493 e. The van der Waals surface area contributed by atoms with E-state index in [0.29, 0.717) is 29.3 Å². The van der Waals surface area contributed by atoms with Gasteiger partial charge in [-0.15, -0.1) is 0 Å². The standard InChI is InChI=1S/C20H28N2O4/c1-22-15-6-7-16(22)12-14(11-15)21-19(23)8-5-13-9-17(24-2)20(26-4)18(10-13)25-3/h5,8-10,14-16H,6-7,11-12H2,1-4H3,(H,21,23). The molecule has 3 rings (SSSR count). The van der Waals surface area contributed by atoms with Gasteiger partial charge in [-0.2, -0.15) is 0 Å². The Morgan fingerprint density at radius 1 is 1.08 bits per heavy atom. The van der Waals surface area contributed by atoms with Crippen LogP contribution in [0.15, 0.2) is 18.2 Å². The van der Waals surface area contributed by atoms with E-state index in [1.54, 1.807) is 33.5 Å². The van der Waals surface area contributed by atoms with Gasteiger partial charge in [0.05, 0.1) is 21.3 Å². The van der Waals surface area contributed by atoms with Gasteiger partial charge in [0.1, 0.15) is 0 Å². The fourth-order valence-electron chi connectivity index (χ4n) is 4.15. The van der Waals surface area contributed by atoms with Gasteiger partial charge < -0.3 is 24.4 Å². The maximum absolute atomic E-state index is 12.3. The molecular weight excluding hydrogens is 332 g/mol. The van der Waals surface area contributed by atoms with Crippen molar-refractivity contribution in [3.8, 4) is 17.2 Å². The fourth-order valence-corrected chi connectivity index (χ4v) is 4.15. The molecule has 6 heteroatoms. The number of fused-ring (bicyclic) bond motifs is 2. The van der Waals surface area contributed by atoms with Crippen molar-refractivity contribution < 1.29 is 19.0 Å². The minimum Gasteiger partial charge on any atom is -0.493 e. The number of carbonyl (C=O) groups is 1. The molecule has 2 aliphatic rings. The number of ether oxygens (including phenoxy) is 3. The number of hydrogen-bond donors (Lipinski definition) is 1. The second kappa shape index (κ2) is 7.99. The van der Waals surface area contributed by atoms with E-state index >= 15 is 0 Å². The van der Waals surface area contributed by atoms with Crippen molar-refractivity contribution in [2.75, 3.05) is 28.4 Å². The van der Waals surface area contributed by atoms with E-state index < -0.39 is 0 Å². The van der Waals surface area contributed by atoms with Crippen LogP contribution >= 0.6 is 0 Å². The summed E-state index contributed by atoms with van der Waals surface area (Å²) in [6.07, 6.45) is 7.90. The van der Waals surface area contributed by atoms with Gasteiger partial charge in [0, 0.05) is 24.2 Å². The Balaban J connectivity index is 1.65. The highest BCUT2D eigenvalue weighted by molar-refractivity contribution is 5.92. The lowest BCUT2D eigenvalue weighted by molar-refractivity contribution is -0.117. The van der Waals surface area contributed by atoms with E-state index in [-0.39, 0.29) is 11.9 Å². The van der Waals surface area contributed by atoms with Gasteiger partial charge in [-0.1, -0.05) is 0 Å². The molecule has 1 N–H and O–H groups in total. The number of nitrogens with zero attached hydrogens (tertiary/aromatic N) is 1. The summed E-state index contributed by atoms with van der Waals surface area (Å²) >= 11 is 0. The predicted octanol–water partition coefficient (Wildman–Crippen LogP) is 2.47. The van der Waals surface area contributed by atoms with Gasteiger partial charge in [0.25, 0.3) is 0 Å². The highest BCUT2D eigenvalue weighted by Gasteiger charge is 2.38. The van der Waals surface area contributed by atoms with Crippen molar-refractivity contribution in [2.24, 2.45) is 0 Å². The van der Waals surface area contributed by atoms with Crippen LogP contribution in [-0.2, 0) is 4.79 Å². The number of rotatable bonds is 6. The average Bonchev–Trinajstić information content (AvgIpc) is 2.85. The summed E-state index contributed by atoms with van der Waals surface area (Å²) in [7, 11) is 6.92. The molecule has 2 heterocycles. The Labute approximate surface area is 155 Å². The predicted molar refractivity (Wildman–Crippen MR) is 101 cm³/mol. The van der Waals surface area contributed by atoms with Crippen molar-refractivity contribution >= 4 is 12.0 Å². The highest BCUT2D eigenvalue weighted by Crippen LogP contribution is 2.38. The first-order chi connectivity index (χ1) is 12.5. The number of piperidine rings is 1. The fraction of sp³-hybridized carbons (Fsp3) is 0.550. The van der Waals surface area contributed by atoms with Gasteiger partial charge in [-0.25, -0.2) is 0 Å². The molecule has 1 amide bonds. The molecule has 2 bridgehead atoms. The lowest BCUT2D eigenvalue weighted by Gasteiger charge is -2.36. The average molecular weight is 360 g/mol. The Hall–Kier alpha value is -2.21. The number of hydrogen-bond acceptors (Lipinski definition) is 5. The first-order valence-corrected chi connectivity index (χ1v) is 9.06. The summed E-state index contributed by atoms with van der Waals surface area (Å²) in [4.78, 5) is 14.8. The molecule has 142 valence electrons. The van der Waals surface area contributed by atoms with Gasteiger partial charge >= 0.3 is 0 Å². The van der Waals surface area contributed by atoms with Crippen LogP contribution in [0, 0.1) is 0 Å². The van der Waals surface area contributed by atoms with Crippen LogP contribution < -0.4 is 19.5 Å². The molecule has 1 aromatic rings. The monoisotopic (exact) mass is 360 g/mol. The Morgan fingerprint density at radius 2 is 1.65 bits per heavy atom. The van der Waals surface area contributed by atoms with Gasteiger partial charge in [0.15, 0.2) is 11.5 Å². The zero-order chi connectivity index (χ0) is 18.7. The minimum absolute atomic E-state index is 0.0623. The Morgan fingerprint density at radius 3 is 2.15 bits per heavy atom. The third-order valence-electron chi connectivity index (χ3n) is 5.56. The third-order valence-corrected chi connectivity index (χ3v) is 5.56. The summed E-state index contributed by atoms with van der Waals surface area (Å²) in [5, 5.41) is 3.15. The zero-order valence-electron chi connectivity index (χ0n) is 16.0. The molecule has 1 aromatic carbocycles. The van der Waals surface area contributed by atoms with Crippen molar-refractivity contribution in [3.05, 3.63) is 23.8 Å². The van der Waals surface area contributed by atoms with Crippen molar-refractivity contribution in [3.63, 3.8) is 0 Å². The van der Waals surface area contributed by atoms with E-state index in [1.807, 2.05) is 12.1 Å². The van der Waals surface area contributed by atoms with Crippen LogP contribution in [0.1, 0.15) is 31.2 Å². The van der Waals surface area contributed by atoms with E-state index in [9.17, 15) is 4.79 Å². The van der Waals surface area contributed by atoms with Crippen LogP contribution in [0.25, 0.3) is 6.08 Å².